The van der Waals surface area contributed by atoms with E-state index in [4.69, 9.17) is 9.47 Å². The largest absolute Gasteiger partial charge is 0.497 e. The Morgan fingerprint density at radius 3 is 2.04 bits per heavy atom. The van der Waals surface area contributed by atoms with Crippen LogP contribution in [0.25, 0.3) is 0 Å². The average Bonchev–Trinajstić information content (AvgIpc) is 3.25. The molecule has 1 N–H and O–H groups in total. The van der Waals surface area contributed by atoms with Crippen LogP contribution in [0.15, 0.2) is 71.8 Å². The number of hydrogen-bond acceptors (Lipinski definition) is 5. The van der Waals surface area contributed by atoms with Crippen molar-refractivity contribution in [1.29, 1.82) is 0 Å². The molecule has 0 radical (unpaired) electrons. The summed E-state index contributed by atoms with van der Waals surface area (Å²) >= 11 is 0. The van der Waals surface area contributed by atoms with Crippen LogP contribution in [0.2, 0.25) is 0 Å². The Kier molecular flexibility index (Phi) is 8.74. The van der Waals surface area contributed by atoms with Gasteiger partial charge in [0, 0.05) is 30.2 Å². The van der Waals surface area contributed by atoms with Crippen molar-refractivity contribution in [2.45, 2.75) is 79.5 Å². The van der Waals surface area contributed by atoms with E-state index in [-0.39, 0.29) is 47.5 Å². The van der Waals surface area contributed by atoms with E-state index in [9.17, 15) is 9.90 Å². The number of nitrogens with zero attached hydrogens (tertiary/aromatic N) is 1. The number of benzene rings is 2. The van der Waals surface area contributed by atoms with Gasteiger partial charge in [0.2, 0.25) is 5.91 Å². The zero-order chi connectivity index (χ0) is 33.9. The molecule has 4 aliphatic rings. The van der Waals surface area contributed by atoms with E-state index in [1.54, 1.807) is 19.1 Å². The van der Waals surface area contributed by atoms with Crippen LogP contribution in [0.5, 0.6) is 11.5 Å². The summed E-state index contributed by atoms with van der Waals surface area (Å²) in [4.78, 5) is 30.2. The number of fused-ring (bicyclic) bond motifs is 2. The van der Waals surface area contributed by atoms with Crippen LogP contribution >= 0.6 is 0 Å². The van der Waals surface area contributed by atoms with Gasteiger partial charge in [-0.3, -0.25) is 4.79 Å². The number of methoxy groups -OCH3 is 2. The van der Waals surface area contributed by atoms with Crippen LogP contribution in [0.1, 0.15) is 71.9 Å². The highest BCUT2D eigenvalue weighted by molar-refractivity contribution is 5.85. The van der Waals surface area contributed by atoms with E-state index in [1.165, 1.54) is 17.4 Å². The normalized spacial score (nSPS) is 38.2. The quantitative estimate of drug-likeness (QED) is 0.237. The number of ether oxygens (including phenoxy) is 2. The second-order valence-corrected chi connectivity index (χ2v) is 15.8. The molecular formula is C41H53NO5. The molecule has 0 aromatic heterocycles. The van der Waals surface area contributed by atoms with Gasteiger partial charge in [-0.25, -0.2) is 0 Å². The molecule has 0 unspecified atom stereocenters. The molecule has 2 aromatic rings. The number of hydrogen-bond donors (Lipinski definition) is 1. The van der Waals surface area contributed by atoms with Crippen LogP contribution in [-0.2, 0) is 22.6 Å². The fourth-order valence-electron chi connectivity index (χ4n) is 10.8. The number of aliphatic hydroxyl groups is 1. The second-order valence-electron chi connectivity index (χ2n) is 15.8. The number of allylic oxidation sites excluding steroid dienone is 4. The molecule has 6 heteroatoms. The monoisotopic (exact) mass is 639 g/mol. The number of amides is 1. The predicted octanol–water partition coefficient (Wildman–Crippen LogP) is 7.65. The maximum Gasteiger partial charge on any atom is 0.229 e. The lowest BCUT2D eigenvalue weighted by Gasteiger charge is -2.57. The molecule has 2 fully saturated rings. The second kappa shape index (κ2) is 12.3. The van der Waals surface area contributed by atoms with E-state index < -0.39 is 17.1 Å². The van der Waals surface area contributed by atoms with Gasteiger partial charge < -0.3 is 24.3 Å². The van der Waals surface area contributed by atoms with Crippen molar-refractivity contribution in [2.24, 2.45) is 52.3 Å². The summed E-state index contributed by atoms with van der Waals surface area (Å²) < 4.78 is 10.8. The van der Waals surface area contributed by atoms with Crippen molar-refractivity contribution in [3.05, 3.63) is 83.0 Å². The number of likely N-dealkylation sites (tertiary alicyclic amines) is 1. The molecule has 2 aromatic carbocycles. The minimum absolute atomic E-state index is 0.0322. The number of carbonyl (C=O) groups is 2. The van der Waals surface area contributed by atoms with Crippen LogP contribution < -0.4 is 9.47 Å². The summed E-state index contributed by atoms with van der Waals surface area (Å²) in [6, 6.07) is 15.5. The summed E-state index contributed by atoms with van der Waals surface area (Å²) in [5.41, 5.74) is 2.10. The van der Waals surface area contributed by atoms with Gasteiger partial charge in [0.05, 0.1) is 20.1 Å². The molecule has 10 atom stereocenters. The first-order valence-corrected chi connectivity index (χ1v) is 17.4. The SMILES string of the molecule is COc1ccc(CN2C(=O)[C@@H]3[C@@H]([C@@H](C)C(C)=C[C@@]3(C)[C@H]3C(C)=C[C@@]4(C)C[C@@H](C)CC[C@@H]4[C@H]3C=O)[C@]2(O)Cc2ccc(OC)cc2)cc1. The molecule has 6 nitrogen and oxygen atoms in total. The Hall–Kier alpha value is -3.38. The highest BCUT2D eigenvalue weighted by Crippen LogP contribution is 2.64. The Labute approximate surface area is 281 Å². The van der Waals surface area contributed by atoms with Crippen LogP contribution in [0.3, 0.4) is 0 Å². The summed E-state index contributed by atoms with van der Waals surface area (Å²) in [5.74, 6) is 1.08. The van der Waals surface area contributed by atoms with E-state index in [2.05, 4.69) is 53.7 Å². The van der Waals surface area contributed by atoms with Crippen LogP contribution in [-0.4, -0.2) is 42.1 Å². The summed E-state index contributed by atoms with van der Waals surface area (Å²) in [5, 5.41) is 13.2. The summed E-state index contributed by atoms with van der Waals surface area (Å²) in [6.45, 7) is 13.6. The minimum atomic E-state index is -1.45. The van der Waals surface area contributed by atoms with Gasteiger partial charge in [0.25, 0.3) is 0 Å². The average molecular weight is 640 g/mol. The first kappa shape index (κ1) is 33.5. The molecule has 3 aliphatic carbocycles. The third kappa shape index (κ3) is 5.45. The molecule has 1 saturated heterocycles. The van der Waals surface area contributed by atoms with E-state index in [0.717, 1.165) is 41.9 Å². The third-order valence-electron chi connectivity index (χ3n) is 12.8. The van der Waals surface area contributed by atoms with E-state index in [0.29, 0.717) is 12.3 Å². The first-order chi connectivity index (χ1) is 22.3. The van der Waals surface area contributed by atoms with Crippen molar-refractivity contribution in [3.63, 3.8) is 0 Å². The van der Waals surface area contributed by atoms with Crippen molar-refractivity contribution >= 4 is 12.2 Å². The first-order valence-electron chi connectivity index (χ1n) is 17.4. The zero-order valence-electron chi connectivity index (χ0n) is 29.5. The molecule has 1 heterocycles. The zero-order valence-corrected chi connectivity index (χ0v) is 29.5. The molecular weight excluding hydrogens is 586 g/mol. The molecule has 1 saturated carbocycles. The number of aldehydes is 1. The highest BCUT2D eigenvalue weighted by Gasteiger charge is 2.68. The van der Waals surface area contributed by atoms with Gasteiger partial charge >= 0.3 is 0 Å². The van der Waals surface area contributed by atoms with Gasteiger partial charge in [-0.1, -0.05) is 81.7 Å². The van der Waals surface area contributed by atoms with Crippen molar-refractivity contribution in [3.8, 4) is 11.5 Å². The Bertz CT molecular complexity index is 1560. The van der Waals surface area contributed by atoms with Gasteiger partial charge in [-0.15, -0.1) is 0 Å². The standard InChI is InChI=1S/C41H53NO5/c1-25-9-18-34-33(24-43)35(27(3)20-39(34,5)19-25)40(6)21-26(2)28(4)36-37(40)38(44)42(23-30-12-16-32(47-8)17-13-30)41(36,45)22-29-10-14-31(46-7)15-11-29/h10-17,20-21,24-25,28,33-37,45H,9,18-19,22-23H2,1-8H3/t25-,28-,33+,34+,35-,36+,37-,39+,40-,41+/m0/s1. The topological polar surface area (TPSA) is 76.1 Å². The van der Waals surface area contributed by atoms with Gasteiger partial charge in [0.1, 0.15) is 23.5 Å². The van der Waals surface area contributed by atoms with E-state index in [1.807, 2.05) is 48.5 Å². The fraction of sp³-hybridized carbons (Fsp3) is 0.561. The van der Waals surface area contributed by atoms with Gasteiger partial charge in [0.15, 0.2) is 0 Å². The summed E-state index contributed by atoms with van der Waals surface area (Å²) in [7, 11) is 3.28. The van der Waals surface area contributed by atoms with Crippen molar-refractivity contribution in [2.75, 3.05) is 14.2 Å². The van der Waals surface area contributed by atoms with Gasteiger partial charge in [-0.2, -0.15) is 0 Å². The Morgan fingerprint density at radius 2 is 1.47 bits per heavy atom. The molecule has 1 amide bonds. The smallest absolute Gasteiger partial charge is 0.229 e. The Balaban J connectivity index is 1.49. The molecule has 6 rings (SSSR count). The molecule has 0 spiro atoms. The maximum absolute atomic E-state index is 15.2. The fourth-order valence-corrected chi connectivity index (χ4v) is 10.8. The van der Waals surface area contributed by atoms with Crippen molar-refractivity contribution in [1.82, 2.24) is 4.90 Å². The lowest BCUT2D eigenvalue weighted by Crippen LogP contribution is -2.55. The Morgan fingerprint density at radius 1 is 0.872 bits per heavy atom. The lowest BCUT2D eigenvalue weighted by atomic mass is 9.46. The van der Waals surface area contributed by atoms with Gasteiger partial charge in [-0.05, 0) is 91.2 Å². The number of carbonyl (C=O) groups excluding carboxylic acids is 2. The minimum Gasteiger partial charge on any atom is -0.497 e. The van der Waals surface area contributed by atoms with Crippen LogP contribution in [0, 0.1) is 52.3 Å². The predicted molar refractivity (Wildman–Crippen MR) is 185 cm³/mol. The molecule has 1 aliphatic heterocycles. The highest BCUT2D eigenvalue weighted by atomic mass is 16.5. The summed E-state index contributed by atoms with van der Waals surface area (Å²) in [6.07, 6.45) is 9.49. The number of rotatable bonds is 8. The molecule has 0 bridgehead atoms. The molecule has 47 heavy (non-hydrogen) atoms. The molecule has 252 valence electrons. The lowest BCUT2D eigenvalue weighted by molar-refractivity contribution is -0.154. The van der Waals surface area contributed by atoms with Crippen molar-refractivity contribution < 1.29 is 24.2 Å². The maximum atomic E-state index is 15.2. The third-order valence-corrected chi connectivity index (χ3v) is 12.8. The van der Waals surface area contributed by atoms with E-state index >= 15 is 4.79 Å². The van der Waals surface area contributed by atoms with Crippen LogP contribution in [0.4, 0.5) is 0 Å².